The predicted molar refractivity (Wildman–Crippen MR) is 87.1 cm³/mol. The second-order valence-corrected chi connectivity index (χ2v) is 6.46. The van der Waals surface area contributed by atoms with Crippen molar-refractivity contribution in [3.63, 3.8) is 0 Å². The van der Waals surface area contributed by atoms with Crippen LogP contribution in [0.15, 0.2) is 41.0 Å². The van der Waals surface area contributed by atoms with Gasteiger partial charge in [0.1, 0.15) is 5.69 Å². The quantitative estimate of drug-likeness (QED) is 0.886. The molecule has 2 aromatic rings. The zero-order chi connectivity index (χ0) is 15.0. The zero-order valence-electron chi connectivity index (χ0n) is 11.8. The summed E-state index contributed by atoms with van der Waals surface area (Å²) in [5.74, 6) is -0.0777. The highest BCUT2D eigenvalue weighted by atomic mass is 79.9. The average molecular weight is 348 g/mol. The number of hydrogen-bond donors (Lipinski definition) is 2. The molecule has 1 aliphatic rings. The maximum atomic E-state index is 12.5. The molecule has 0 saturated heterocycles. The van der Waals surface area contributed by atoms with Gasteiger partial charge in [0.25, 0.3) is 5.91 Å². The molecule has 1 aromatic heterocycles. The number of carbonyl (C=O) groups excluding carboxylic acids is 1. The number of carbonyl (C=O) groups is 1. The summed E-state index contributed by atoms with van der Waals surface area (Å²) in [4.78, 5) is 12.5. The average Bonchev–Trinajstić information content (AvgIpc) is 3.21. The first-order valence-electron chi connectivity index (χ1n) is 7.08. The van der Waals surface area contributed by atoms with E-state index in [-0.39, 0.29) is 11.9 Å². The number of nitrogens with zero attached hydrogens (tertiary/aromatic N) is 1. The Morgan fingerprint density at radius 3 is 2.86 bits per heavy atom. The Morgan fingerprint density at radius 2 is 2.19 bits per heavy atom. The molecule has 21 heavy (non-hydrogen) atoms. The first kappa shape index (κ1) is 14.2. The van der Waals surface area contributed by atoms with Gasteiger partial charge in [-0.15, -0.1) is 0 Å². The van der Waals surface area contributed by atoms with Crippen molar-refractivity contribution in [1.82, 2.24) is 9.88 Å². The smallest absolute Gasteiger partial charge is 0.268 e. The van der Waals surface area contributed by atoms with E-state index in [2.05, 4.69) is 21.2 Å². The van der Waals surface area contributed by atoms with E-state index in [1.807, 2.05) is 42.0 Å². The lowest BCUT2D eigenvalue weighted by Gasteiger charge is -2.15. The van der Waals surface area contributed by atoms with Gasteiger partial charge in [-0.3, -0.25) is 4.79 Å². The Kier molecular flexibility index (Phi) is 3.76. The van der Waals surface area contributed by atoms with E-state index >= 15 is 0 Å². The molecule has 1 atom stereocenters. The Bertz CT molecular complexity index is 676. The van der Waals surface area contributed by atoms with E-state index < -0.39 is 0 Å². The summed E-state index contributed by atoms with van der Waals surface area (Å²) in [5, 5.41) is 3.04. The molecule has 0 radical (unpaired) electrons. The molecule has 0 aliphatic heterocycles. The van der Waals surface area contributed by atoms with Crippen LogP contribution in [0.25, 0.3) is 0 Å². The van der Waals surface area contributed by atoms with Gasteiger partial charge in [-0.2, -0.15) is 0 Å². The van der Waals surface area contributed by atoms with Gasteiger partial charge < -0.3 is 15.6 Å². The van der Waals surface area contributed by atoms with E-state index in [0.29, 0.717) is 17.4 Å². The Hall–Kier alpha value is -1.75. The van der Waals surface area contributed by atoms with Gasteiger partial charge in [0.2, 0.25) is 0 Å². The molecule has 1 saturated carbocycles. The number of amides is 1. The number of hydrogen-bond acceptors (Lipinski definition) is 2. The third-order valence-corrected chi connectivity index (χ3v) is 4.23. The first-order chi connectivity index (χ1) is 10.0. The Balaban J connectivity index is 1.77. The summed E-state index contributed by atoms with van der Waals surface area (Å²) < 4.78 is 3.00. The van der Waals surface area contributed by atoms with Crippen LogP contribution < -0.4 is 11.1 Å². The molecule has 0 bridgehead atoms. The van der Waals surface area contributed by atoms with Crippen molar-refractivity contribution < 1.29 is 4.79 Å². The summed E-state index contributed by atoms with van der Waals surface area (Å²) in [7, 11) is 0. The molecule has 5 heteroatoms. The first-order valence-corrected chi connectivity index (χ1v) is 7.87. The zero-order valence-corrected chi connectivity index (χ0v) is 13.4. The Labute approximate surface area is 132 Å². The number of rotatable bonds is 4. The van der Waals surface area contributed by atoms with Gasteiger partial charge in [0.15, 0.2) is 0 Å². The lowest BCUT2D eigenvalue weighted by molar-refractivity contribution is 0.0930. The van der Waals surface area contributed by atoms with Crippen LogP contribution in [0.4, 0.5) is 5.69 Å². The maximum Gasteiger partial charge on any atom is 0.268 e. The number of anilines is 1. The minimum atomic E-state index is -0.0777. The highest BCUT2D eigenvalue weighted by Gasteiger charge is 2.28. The standard InChI is InChI=1S/C16H18BrN3O/c1-10(11-3-2-4-12(17)7-11)19-16(21)15-8-13(18)9-20(15)14-5-6-14/h2-4,7-10,14H,5-6,18H2,1H3,(H,19,21). The molecule has 1 unspecified atom stereocenters. The van der Waals surface area contributed by atoms with Gasteiger partial charge in [-0.1, -0.05) is 28.1 Å². The number of aromatic nitrogens is 1. The van der Waals surface area contributed by atoms with Crippen LogP contribution in [-0.2, 0) is 0 Å². The highest BCUT2D eigenvalue weighted by Crippen LogP contribution is 2.37. The topological polar surface area (TPSA) is 60.1 Å². The van der Waals surface area contributed by atoms with E-state index in [0.717, 1.165) is 22.9 Å². The van der Waals surface area contributed by atoms with E-state index in [4.69, 9.17) is 5.73 Å². The molecule has 1 fully saturated rings. The number of nitrogens with two attached hydrogens (primary N) is 1. The number of nitrogens with one attached hydrogen (secondary N) is 1. The lowest BCUT2D eigenvalue weighted by atomic mass is 10.1. The normalized spacial score (nSPS) is 15.7. The van der Waals surface area contributed by atoms with Gasteiger partial charge in [0.05, 0.1) is 11.7 Å². The molecule has 1 heterocycles. The molecule has 110 valence electrons. The van der Waals surface area contributed by atoms with Crippen LogP contribution >= 0.6 is 15.9 Å². The third kappa shape index (κ3) is 3.13. The van der Waals surface area contributed by atoms with Crippen LogP contribution in [-0.4, -0.2) is 10.5 Å². The monoisotopic (exact) mass is 347 g/mol. The fourth-order valence-corrected chi connectivity index (χ4v) is 2.88. The maximum absolute atomic E-state index is 12.5. The molecule has 1 amide bonds. The molecule has 3 N–H and O–H groups in total. The summed E-state index contributed by atoms with van der Waals surface area (Å²) in [6.07, 6.45) is 4.10. The van der Waals surface area contributed by atoms with Crippen LogP contribution in [0, 0.1) is 0 Å². The number of nitrogen functional groups attached to an aromatic ring is 1. The summed E-state index contributed by atoms with van der Waals surface area (Å²) in [6, 6.07) is 10.1. The fourth-order valence-electron chi connectivity index (χ4n) is 2.47. The van der Waals surface area contributed by atoms with Gasteiger partial charge >= 0.3 is 0 Å². The van der Waals surface area contributed by atoms with Gasteiger partial charge in [0, 0.05) is 16.7 Å². The van der Waals surface area contributed by atoms with Crippen molar-refractivity contribution in [2.45, 2.75) is 31.8 Å². The molecule has 3 rings (SSSR count). The van der Waals surface area contributed by atoms with Crippen LogP contribution in [0.5, 0.6) is 0 Å². The predicted octanol–water partition coefficient (Wildman–Crippen LogP) is 3.66. The second kappa shape index (κ2) is 5.56. The molecule has 4 nitrogen and oxygen atoms in total. The van der Waals surface area contributed by atoms with Crippen molar-refractivity contribution in [1.29, 1.82) is 0 Å². The summed E-state index contributed by atoms with van der Waals surface area (Å²) in [5.41, 5.74) is 8.19. The molecular formula is C16H18BrN3O. The molecule has 1 aliphatic carbocycles. The molecular weight excluding hydrogens is 330 g/mol. The summed E-state index contributed by atoms with van der Waals surface area (Å²) >= 11 is 3.45. The second-order valence-electron chi connectivity index (χ2n) is 5.55. The van der Waals surface area contributed by atoms with Crippen molar-refractivity contribution in [2.24, 2.45) is 0 Å². The van der Waals surface area contributed by atoms with E-state index in [9.17, 15) is 4.79 Å². The van der Waals surface area contributed by atoms with Crippen molar-refractivity contribution in [3.8, 4) is 0 Å². The third-order valence-electron chi connectivity index (χ3n) is 3.74. The van der Waals surface area contributed by atoms with Gasteiger partial charge in [-0.05, 0) is 43.5 Å². The Morgan fingerprint density at radius 1 is 1.43 bits per heavy atom. The minimum absolute atomic E-state index is 0.0567. The van der Waals surface area contributed by atoms with Crippen molar-refractivity contribution in [2.75, 3.05) is 5.73 Å². The van der Waals surface area contributed by atoms with Crippen LogP contribution in [0.1, 0.15) is 47.9 Å². The molecule has 0 spiro atoms. The SMILES string of the molecule is CC(NC(=O)c1cc(N)cn1C1CC1)c1cccc(Br)c1. The summed E-state index contributed by atoms with van der Waals surface area (Å²) in [6.45, 7) is 1.98. The van der Waals surface area contributed by atoms with Crippen molar-refractivity contribution in [3.05, 3.63) is 52.3 Å². The molecule has 1 aromatic carbocycles. The van der Waals surface area contributed by atoms with Crippen LogP contribution in [0.3, 0.4) is 0 Å². The number of halogens is 1. The minimum Gasteiger partial charge on any atom is -0.397 e. The van der Waals surface area contributed by atoms with Gasteiger partial charge in [-0.25, -0.2) is 0 Å². The fraction of sp³-hybridized carbons (Fsp3) is 0.312. The van der Waals surface area contributed by atoms with E-state index in [1.165, 1.54) is 0 Å². The largest absolute Gasteiger partial charge is 0.397 e. The van der Waals surface area contributed by atoms with Crippen molar-refractivity contribution >= 4 is 27.5 Å². The number of benzene rings is 1. The lowest BCUT2D eigenvalue weighted by Crippen LogP contribution is -2.28. The van der Waals surface area contributed by atoms with Crippen LogP contribution in [0.2, 0.25) is 0 Å². The van der Waals surface area contributed by atoms with E-state index in [1.54, 1.807) is 6.07 Å². The highest BCUT2D eigenvalue weighted by molar-refractivity contribution is 9.10.